The van der Waals surface area contributed by atoms with Gasteiger partial charge < -0.3 is 15.1 Å². The van der Waals surface area contributed by atoms with Gasteiger partial charge in [-0.1, -0.05) is 0 Å². The highest BCUT2D eigenvalue weighted by atomic mass is 19.1. The summed E-state index contributed by atoms with van der Waals surface area (Å²) in [6.45, 7) is 0.993. The van der Waals surface area contributed by atoms with Crippen LogP contribution in [-0.2, 0) is 6.42 Å². The van der Waals surface area contributed by atoms with E-state index in [-0.39, 0.29) is 5.82 Å². The van der Waals surface area contributed by atoms with Crippen LogP contribution in [0.25, 0.3) is 22.3 Å². The van der Waals surface area contributed by atoms with Gasteiger partial charge in [-0.3, -0.25) is 4.79 Å². The fourth-order valence-electron chi connectivity index (χ4n) is 3.57. The molecular formula is C20H19FN2O2. The molecule has 2 heterocycles. The first-order chi connectivity index (χ1) is 12.0. The van der Waals surface area contributed by atoms with E-state index in [0.29, 0.717) is 22.5 Å². The minimum absolute atomic E-state index is 0.339. The molecule has 1 amide bonds. The predicted molar refractivity (Wildman–Crippen MR) is 96.3 cm³/mol. The largest absolute Gasteiger partial charge is 0.455 e. The molecule has 0 saturated heterocycles. The van der Waals surface area contributed by atoms with Crippen molar-refractivity contribution in [2.75, 3.05) is 18.5 Å². The van der Waals surface area contributed by atoms with Gasteiger partial charge >= 0.3 is 0 Å². The molecule has 0 aliphatic carbocycles. The summed E-state index contributed by atoms with van der Waals surface area (Å²) in [5.74, 6) is -0.487. The maximum absolute atomic E-state index is 13.2. The lowest BCUT2D eigenvalue weighted by Gasteiger charge is -2.19. The fourth-order valence-corrected chi connectivity index (χ4v) is 3.57. The van der Waals surface area contributed by atoms with Gasteiger partial charge in [-0.15, -0.1) is 0 Å². The van der Waals surface area contributed by atoms with Crippen molar-refractivity contribution in [1.29, 1.82) is 0 Å². The van der Waals surface area contributed by atoms with Crippen LogP contribution in [-0.4, -0.2) is 19.5 Å². The van der Waals surface area contributed by atoms with Crippen molar-refractivity contribution < 1.29 is 13.6 Å². The summed E-state index contributed by atoms with van der Waals surface area (Å²) in [4.78, 5) is 14.3. The number of carbonyl (C=O) groups excluding carboxylic acids is 1. The van der Waals surface area contributed by atoms with E-state index < -0.39 is 5.91 Å². The van der Waals surface area contributed by atoms with E-state index in [1.165, 1.54) is 17.7 Å². The molecule has 5 heteroatoms. The molecule has 2 aromatic carbocycles. The number of hydrogen-bond donors (Lipinski definition) is 1. The Kier molecular flexibility index (Phi) is 3.71. The number of carbonyl (C=O) groups is 1. The molecular weight excluding hydrogens is 319 g/mol. The number of hydrogen-bond acceptors (Lipinski definition) is 3. The summed E-state index contributed by atoms with van der Waals surface area (Å²) in [6, 6.07) is 9.87. The van der Waals surface area contributed by atoms with Crippen molar-refractivity contribution in [3.8, 4) is 11.3 Å². The molecule has 128 valence electrons. The zero-order chi connectivity index (χ0) is 17.6. The highest BCUT2D eigenvalue weighted by Gasteiger charge is 2.23. The summed E-state index contributed by atoms with van der Waals surface area (Å²) >= 11 is 0. The first-order valence-electron chi connectivity index (χ1n) is 8.41. The van der Waals surface area contributed by atoms with Crippen LogP contribution in [0.15, 0.2) is 40.8 Å². The minimum Gasteiger partial charge on any atom is -0.455 e. The monoisotopic (exact) mass is 338 g/mol. The molecule has 4 nitrogen and oxygen atoms in total. The summed E-state index contributed by atoms with van der Waals surface area (Å²) in [7, 11) is 2.06. The van der Waals surface area contributed by atoms with Gasteiger partial charge in [0.05, 0.1) is 5.56 Å². The van der Waals surface area contributed by atoms with E-state index >= 15 is 0 Å². The molecule has 0 spiro atoms. The van der Waals surface area contributed by atoms with Crippen molar-refractivity contribution in [1.82, 2.24) is 0 Å². The number of nitrogens with zero attached hydrogens (tertiary/aromatic N) is 1. The van der Waals surface area contributed by atoms with Crippen LogP contribution >= 0.6 is 0 Å². The average Bonchev–Trinajstić information content (AvgIpc) is 2.87. The highest BCUT2D eigenvalue weighted by Crippen LogP contribution is 2.38. The molecule has 0 radical (unpaired) electrons. The van der Waals surface area contributed by atoms with E-state index in [9.17, 15) is 9.18 Å². The second-order valence-electron chi connectivity index (χ2n) is 6.53. The van der Waals surface area contributed by atoms with Crippen LogP contribution in [0.5, 0.6) is 0 Å². The van der Waals surface area contributed by atoms with Gasteiger partial charge in [0.1, 0.15) is 17.2 Å². The van der Waals surface area contributed by atoms with Gasteiger partial charge in [0, 0.05) is 36.3 Å². The molecule has 1 aromatic heterocycles. The Hall–Kier alpha value is -2.82. The summed E-state index contributed by atoms with van der Waals surface area (Å²) in [5, 5.41) is 0.723. The van der Waals surface area contributed by atoms with Crippen LogP contribution in [0.4, 0.5) is 10.1 Å². The summed E-state index contributed by atoms with van der Waals surface area (Å²) in [6.07, 6.45) is 3.21. The lowest BCUT2D eigenvalue weighted by Crippen LogP contribution is -2.17. The standard InChI is InChI=1S/C20H19FN2O2/c1-23-9-3-2-4-13-10-15-17(11-16(13)23)25-19(18(15)20(22)24)12-5-7-14(21)8-6-12/h5-8,10-11H,2-4,9H2,1H3,(H2,22,24). The highest BCUT2D eigenvalue weighted by molar-refractivity contribution is 6.11. The third-order valence-electron chi connectivity index (χ3n) is 4.84. The molecule has 3 aromatic rings. The van der Waals surface area contributed by atoms with E-state index in [1.54, 1.807) is 12.1 Å². The number of benzene rings is 2. The van der Waals surface area contributed by atoms with Crippen molar-refractivity contribution in [3.05, 3.63) is 53.3 Å². The molecule has 0 saturated carbocycles. The minimum atomic E-state index is -0.542. The zero-order valence-electron chi connectivity index (χ0n) is 14.0. The molecule has 4 rings (SSSR count). The Balaban J connectivity index is 1.97. The second kappa shape index (κ2) is 5.92. The number of aryl methyl sites for hydroxylation is 1. The fraction of sp³-hybridized carbons (Fsp3) is 0.250. The number of halogens is 1. The van der Waals surface area contributed by atoms with Crippen molar-refractivity contribution in [2.45, 2.75) is 19.3 Å². The quantitative estimate of drug-likeness (QED) is 0.765. The van der Waals surface area contributed by atoms with Gasteiger partial charge in [0.25, 0.3) is 5.91 Å². The third-order valence-corrected chi connectivity index (χ3v) is 4.84. The lowest BCUT2D eigenvalue weighted by molar-refractivity contribution is 0.100. The van der Waals surface area contributed by atoms with Gasteiger partial charge in [-0.05, 0) is 55.2 Å². The van der Waals surface area contributed by atoms with E-state index in [1.807, 2.05) is 12.1 Å². The summed E-state index contributed by atoms with van der Waals surface area (Å²) in [5.41, 5.74) is 9.58. The van der Waals surface area contributed by atoms with E-state index in [0.717, 1.165) is 36.9 Å². The van der Waals surface area contributed by atoms with Gasteiger partial charge in [-0.25, -0.2) is 4.39 Å². The first-order valence-corrected chi connectivity index (χ1v) is 8.41. The molecule has 2 N–H and O–H groups in total. The molecule has 1 aliphatic rings. The van der Waals surface area contributed by atoms with Crippen LogP contribution in [0.1, 0.15) is 28.8 Å². The Bertz CT molecular complexity index is 960. The number of fused-ring (bicyclic) bond motifs is 2. The average molecular weight is 338 g/mol. The van der Waals surface area contributed by atoms with Gasteiger partial charge in [0.2, 0.25) is 0 Å². The first kappa shape index (κ1) is 15.7. The lowest BCUT2D eigenvalue weighted by atomic mass is 10.0. The predicted octanol–water partition coefficient (Wildman–Crippen LogP) is 4.11. The Labute approximate surface area is 145 Å². The molecule has 0 atom stereocenters. The van der Waals surface area contributed by atoms with Crippen LogP contribution in [0, 0.1) is 5.82 Å². The van der Waals surface area contributed by atoms with Crippen LogP contribution < -0.4 is 10.6 Å². The topological polar surface area (TPSA) is 59.5 Å². The molecule has 0 bridgehead atoms. The normalized spacial score (nSPS) is 14.4. The second-order valence-corrected chi connectivity index (χ2v) is 6.53. The number of anilines is 1. The van der Waals surface area contributed by atoms with Crippen LogP contribution in [0.2, 0.25) is 0 Å². The maximum Gasteiger partial charge on any atom is 0.253 e. The van der Waals surface area contributed by atoms with E-state index in [4.69, 9.17) is 10.2 Å². The Morgan fingerprint density at radius 2 is 1.96 bits per heavy atom. The SMILES string of the molecule is CN1CCCCc2cc3c(C(N)=O)c(-c4ccc(F)cc4)oc3cc21. The van der Waals surface area contributed by atoms with Crippen molar-refractivity contribution in [3.63, 3.8) is 0 Å². The van der Waals surface area contributed by atoms with Crippen LogP contribution in [0.3, 0.4) is 0 Å². The zero-order valence-corrected chi connectivity index (χ0v) is 14.0. The number of amides is 1. The molecule has 25 heavy (non-hydrogen) atoms. The summed E-state index contributed by atoms with van der Waals surface area (Å²) < 4.78 is 19.2. The molecule has 1 aliphatic heterocycles. The van der Waals surface area contributed by atoms with Crippen molar-refractivity contribution >= 4 is 22.6 Å². The number of furan rings is 1. The molecule has 0 unspecified atom stereocenters. The van der Waals surface area contributed by atoms with Gasteiger partial charge in [0.15, 0.2) is 0 Å². The molecule has 0 fully saturated rings. The Morgan fingerprint density at radius 1 is 1.20 bits per heavy atom. The van der Waals surface area contributed by atoms with E-state index in [2.05, 4.69) is 11.9 Å². The number of primary amides is 1. The number of nitrogens with two attached hydrogens (primary N) is 1. The Morgan fingerprint density at radius 3 is 2.68 bits per heavy atom. The smallest absolute Gasteiger partial charge is 0.253 e. The van der Waals surface area contributed by atoms with Crippen molar-refractivity contribution in [2.24, 2.45) is 5.73 Å². The maximum atomic E-state index is 13.2. The van der Waals surface area contributed by atoms with Gasteiger partial charge in [-0.2, -0.15) is 0 Å². The third kappa shape index (κ3) is 2.65. The number of rotatable bonds is 2.